The van der Waals surface area contributed by atoms with Crippen molar-refractivity contribution in [3.8, 4) is 5.75 Å². The first kappa shape index (κ1) is 17.3. The molecule has 0 radical (unpaired) electrons. The number of methoxy groups -OCH3 is 1. The average Bonchev–Trinajstić information content (AvgIpc) is 3.27. The monoisotopic (exact) mass is 372 g/mol. The molecular formula is C18H20N4O5. The van der Waals surface area contributed by atoms with Gasteiger partial charge in [-0.25, -0.2) is 0 Å². The minimum absolute atomic E-state index is 0.332. The van der Waals surface area contributed by atoms with Crippen LogP contribution >= 0.6 is 0 Å². The lowest BCUT2D eigenvalue weighted by Crippen LogP contribution is -2.36. The fraction of sp³-hybridized carbons (Fsp3) is 0.389. The van der Waals surface area contributed by atoms with Gasteiger partial charge < -0.3 is 28.6 Å². The van der Waals surface area contributed by atoms with Crippen LogP contribution in [-0.2, 0) is 4.74 Å². The summed E-state index contributed by atoms with van der Waals surface area (Å²) >= 11 is 0. The number of carbonyl (C=O) groups is 1. The molecule has 9 nitrogen and oxygen atoms in total. The van der Waals surface area contributed by atoms with E-state index in [9.17, 15) is 4.79 Å². The number of ether oxygens (including phenoxy) is 2. The number of nitrogens with zero attached hydrogens (tertiary/aromatic N) is 3. The number of fused-ring (bicyclic) bond motifs is 1. The Kier molecular flexibility index (Phi) is 4.44. The Morgan fingerprint density at radius 1 is 1.26 bits per heavy atom. The number of hydrogen-bond donors (Lipinski definition) is 1. The molecule has 0 atom stereocenters. The quantitative estimate of drug-likeness (QED) is 0.745. The molecule has 142 valence electrons. The van der Waals surface area contributed by atoms with Crippen LogP contribution in [0.1, 0.15) is 21.8 Å². The summed E-state index contributed by atoms with van der Waals surface area (Å²) in [4.78, 5) is 19.4. The van der Waals surface area contributed by atoms with E-state index < -0.39 is 0 Å². The predicted molar refractivity (Wildman–Crippen MR) is 97.5 cm³/mol. The molecule has 3 aromatic rings. The van der Waals surface area contributed by atoms with Crippen LogP contribution < -0.4 is 15.0 Å². The summed E-state index contributed by atoms with van der Waals surface area (Å²) in [7, 11) is 1.56. The van der Waals surface area contributed by atoms with E-state index in [2.05, 4.69) is 15.5 Å². The molecule has 1 aromatic carbocycles. The Morgan fingerprint density at radius 2 is 2.04 bits per heavy atom. The van der Waals surface area contributed by atoms with Crippen molar-refractivity contribution in [3.63, 3.8) is 0 Å². The third kappa shape index (κ3) is 3.10. The standard InChI is InChI=1S/C18H20N4O5/c1-10-14(11(2)27-21-10)19-17(23)12-4-5-13(24-3)15-16(12)26-18(20-15)22-6-8-25-9-7-22/h4-5H,6-9H2,1-3H3,(H,19,23). The zero-order chi connectivity index (χ0) is 19.0. The minimum Gasteiger partial charge on any atom is -0.494 e. The first-order chi connectivity index (χ1) is 13.1. The molecule has 0 aliphatic carbocycles. The molecule has 27 heavy (non-hydrogen) atoms. The van der Waals surface area contributed by atoms with E-state index >= 15 is 0 Å². The lowest BCUT2D eigenvalue weighted by Gasteiger charge is -2.24. The molecule has 2 aromatic heterocycles. The molecule has 0 unspecified atom stereocenters. The molecule has 0 saturated carbocycles. The molecule has 0 bridgehead atoms. The smallest absolute Gasteiger partial charge is 0.298 e. The van der Waals surface area contributed by atoms with Crippen molar-refractivity contribution in [2.75, 3.05) is 43.6 Å². The molecule has 1 N–H and O–H groups in total. The highest BCUT2D eigenvalue weighted by molar-refractivity contribution is 6.12. The maximum absolute atomic E-state index is 12.9. The summed E-state index contributed by atoms with van der Waals surface area (Å²) in [5, 5.41) is 6.69. The van der Waals surface area contributed by atoms with E-state index in [1.807, 2.05) is 4.90 Å². The van der Waals surface area contributed by atoms with E-state index in [-0.39, 0.29) is 5.91 Å². The number of oxazole rings is 1. The maximum atomic E-state index is 12.9. The summed E-state index contributed by atoms with van der Waals surface area (Å²) < 4.78 is 21.8. The Labute approximate surface area is 155 Å². The van der Waals surface area contributed by atoms with Gasteiger partial charge in [-0.05, 0) is 26.0 Å². The number of hydrogen-bond acceptors (Lipinski definition) is 8. The molecule has 1 aliphatic rings. The zero-order valence-corrected chi connectivity index (χ0v) is 15.4. The number of anilines is 2. The first-order valence-electron chi connectivity index (χ1n) is 8.63. The number of rotatable bonds is 4. The predicted octanol–water partition coefficient (Wildman–Crippen LogP) is 2.53. The summed E-state index contributed by atoms with van der Waals surface area (Å²) in [5.74, 6) is 0.751. The van der Waals surface area contributed by atoms with Crippen molar-refractivity contribution in [2.45, 2.75) is 13.8 Å². The topological polar surface area (TPSA) is 103 Å². The number of aryl methyl sites for hydroxylation is 2. The van der Waals surface area contributed by atoms with E-state index in [4.69, 9.17) is 18.4 Å². The summed E-state index contributed by atoms with van der Waals surface area (Å²) in [5.41, 5.74) is 2.40. The van der Waals surface area contributed by atoms with Crippen molar-refractivity contribution in [1.82, 2.24) is 10.1 Å². The number of morpholine rings is 1. The molecule has 1 aliphatic heterocycles. The lowest BCUT2D eigenvalue weighted by molar-refractivity contribution is 0.102. The van der Waals surface area contributed by atoms with Crippen LogP contribution in [0.25, 0.3) is 11.1 Å². The van der Waals surface area contributed by atoms with E-state index in [1.54, 1.807) is 33.1 Å². The lowest BCUT2D eigenvalue weighted by atomic mass is 10.1. The second-order valence-electron chi connectivity index (χ2n) is 6.24. The molecule has 1 amide bonds. The van der Waals surface area contributed by atoms with Gasteiger partial charge in [-0.3, -0.25) is 4.79 Å². The van der Waals surface area contributed by atoms with Gasteiger partial charge in [0.25, 0.3) is 11.9 Å². The van der Waals surface area contributed by atoms with Gasteiger partial charge in [0.05, 0.1) is 25.9 Å². The number of aromatic nitrogens is 2. The SMILES string of the molecule is COc1ccc(C(=O)Nc2c(C)noc2C)c2oc(N3CCOCC3)nc12. The van der Waals surface area contributed by atoms with Crippen molar-refractivity contribution in [2.24, 2.45) is 0 Å². The van der Waals surface area contributed by atoms with Gasteiger partial charge in [0.1, 0.15) is 17.1 Å². The zero-order valence-electron chi connectivity index (χ0n) is 15.4. The normalized spacial score (nSPS) is 14.6. The highest BCUT2D eigenvalue weighted by Crippen LogP contribution is 2.33. The molecule has 0 spiro atoms. The van der Waals surface area contributed by atoms with Gasteiger partial charge in [-0.15, -0.1) is 0 Å². The third-order valence-electron chi connectivity index (χ3n) is 4.51. The Balaban J connectivity index is 1.73. The van der Waals surface area contributed by atoms with E-state index in [1.165, 1.54) is 0 Å². The van der Waals surface area contributed by atoms with Gasteiger partial charge in [0.2, 0.25) is 0 Å². The van der Waals surface area contributed by atoms with Crippen molar-refractivity contribution < 1.29 is 23.2 Å². The van der Waals surface area contributed by atoms with Crippen molar-refractivity contribution >= 4 is 28.7 Å². The third-order valence-corrected chi connectivity index (χ3v) is 4.51. The van der Waals surface area contributed by atoms with E-state index in [0.717, 1.165) is 0 Å². The molecule has 1 saturated heterocycles. The second-order valence-corrected chi connectivity index (χ2v) is 6.24. The van der Waals surface area contributed by atoms with Crippen LogP contribution in [0.3, 0.4) is 0 Å². The summed E-state index contributed by atoms with van der Waals surface area (Å²) in [6, 6.07) is 3.81. The largest absolute Gasteiger partial charge is 0.494 e. The van der Waals surface area contributed by atoms with Crippen LogP contribution in [-0.4, -0.2) is 49.5 Å². The van der Waals surface area contributed by atoms with Crippen LogP contribution in [0.15, 0.2) is 21.1 Å². The van der Waals surface area contributed by atoms with Gasteiger partial charge in [0.15, 0.2) is 16.9 Å². The van der Waals surface area contributed by atoms with E-state index in [0.29, 0.717) is 71.9 Å². The molecule has 3 heterocycles. The number of nitrogens with one attached hydrogen (secondary N) is 1. The Hall–Kier alpha value is -3.07. The van der Waals surface area contributed by atoms with Crippen LogP contribution in [0.2, 0.25) is 0 Å². The fourth-order valence-corrected chi connectivity index (χ4v) is 3.05. The highest BCUT2D eigenvalue weighted by atomic mass is 16.5. The fourth-order valence-electron chi connectivity index (χ4n) is 3.05. The average molecular weight is 372 g/mol. The first-order valence-corrected chi connectivity index (χ1v) is 8.63. The minimum atomic E-state index is -0.332. The summed E-state index contributed by atoms with van der Waals surface area (Å²) in [6.07, 6.45) is 0. The van der Waals surface area contributed by atoms with Gasteiger partial charge in [0, 0.05) is 13.1 Å². The highest BCUT2D eigenvalue weighted by Gasteiger charge is 2.24. The van der Waals surface area contributed by atoms with Crippen molar-refractivity contribution in [3.05, 3.63) is 29.2 Å². The number of carbonyl (C=O) groups excluding carboxylic acids is 1. The molecule has 4 rings (SSSR count). The Bertz CT molecular complexity index is 968. The van der Waals surface area contributed by atoms with Crippen LogP contribution in [0.4, 0.5) is 11.7 Å². The van der Waals surface area contributed by atoms with Crippen LogP contribution in [0, 0.1) is 13.8 Å². The Morgan fingerprint density at radius 3 is 2.70 bits per heavy atom. The molecular weight excluding hydrogens is 352 g/mol. The molecule has 1 fully saturated rings. The summed E-state index contributed by atoms with van der Waals surface area (Å²) in [6.45, 7) is 6.07. The molecule has 9 heteroatoms. The second kappa shape index (κ2) is 6.92. The van der Waals surface area contributed by atoms with Gasteiger partial charge in [-0.2, -0.15) is 4.98 Å². The van der Waals surface area contributed by atoms with Crippen LogP contribution in [0.5, 0.6) is 5.75 Å². The van der Waals surface area contributed by atoms with Gasteiger partial charge in [-0.1, -0.05) is 5.16 Å². The number of amides is 1. The number of benzene rings is 1. The van der Waals surface area contributed by atoms with Gasteiger partial charge >= 0.3 is 0 Å². The van der Waals surface area contributed by atoms with Crippen molar-refractivity contribution in [1.29, 1.82) is 0 Å². The maximum Gasteiger partial charge on any atom is 0.298 e.